The Morgan fingerprint density at radius 2 is 2.06 bits per heavy atom. The molecule has 1 aromatic heterocycles. The third-order valence-corrected chi connectivity index (χ3v) is 2.67. The molecule has 1 aromatic carbocycles. The molecule has 2 aromatic rings. The predicted molar refractivity (Wildman–Crippen MR) is 72.0 cm³/mol. The summed E-state index contributed by atoms with van der Waals surface area (Å²) in [5.41, 5.74) is 2.40. The summed E-state index contributed by atoms with van der Waals surface area (Å²) in [4.78, 5) is 16.8. The molecule has 4 nitrogen and oxygen atoms in total. The molecule has 2 rings (SSSR count). The maximum atomic E-state index is 11.9. The summed E-state index contributed by atoms with van der Waals surface area (Å²) in [7, 11) is 5.14. The van der Waals surface area contributed by atoms with Gasteiger partial charge in [0.1, 0.15) is 0 Å². The Labute approximate surface area is 106 Å². The highest BCUT2D eigenvalue weighted by molar-refractivity contribution is 6.20. The van der Waals surface area contributed by atoms with E-state index < -0.39 is 0 Å². The third kappa shape index (κ3) is 2.22. The SMILES string of the molecule is COC(=O)/C(=C/N(C)C)c1c[nH]c2ccccc12. The van der Waals surface area contributed by atoms with E-state index in [1.807, 2.05) is 49.5 Å². The normalized spacial score (nSPS) is 11.6. The van der Waals surface area contributed by atoms with E-state index in [0.717, 1.165) is 16.5 Å². The van der Waals surface area contributed by atoms with Gasteiger partial charge in [-0.25, -0.2) is 4.79 Å². The van der Waals surface area contributed by atoms with Crippen LogP contribution in [0.5, 0.6) is 0 Å². The van der Waals surface area contributed by atoms with Gasteiger partial charge in [0.15, 0.2) is 0 Å². The van der Waals surface area contributed by atoms with Crippen LogP contribution in [0.4, 0.5) is 0 Å². The molecular weight excluding hydrogens is 228 g/mol. The number of hydrogen-bond donors (Lipinski definition) is 1. The molecular formula is C14H16N2O2. The van der Waals surface area contributed by atoms with Crippen molar-refractivity contribution < 1.29 is 9.53 Å². The molecule has 0 spiro atoms. The fourth-order valence-electron chi connectivity index (χ4n) is 1.89. The third-order valence-electron chi connectivity index (χ3n) is 2.67. The summed E-state index contributed by atoms with van der Waals surface area (Å²) in [6, 6.07) is 7.86. The van der Waals surface area contributed by atoms with Crippen LogP contribution in [-0.4, -0.2) is 37.1 Å². The number of hydrogen-bond acceptors (Lipinski definition) is 3. The molecule has 0 radical (unpaired) electrons. The predicted octanol–water partition coefficient (Wildman–Crippen LogP) is 2.24. The summed E-state index contributed by atoms with van der Waals surface area (Å²) >= 11 is 0. The standard InChI is InChI=1S/C14H16N2O2/c1-16(2)9-12(14(17)18-3)11-8-15-13-7-5-4-6-10(11)13/h4-9,15H,1-3H3/b12-9+. The fourth-order valence-corrected chi connectivity index (χ4v) is 1.89. The molecule has 0 amide bonds. The first kappa shape index (κ1) is 12.2. The number of H-pyrrole nitrogens is 1. The van der Waals surface area contributed by atoms with Crippen molar-refractivity contribution >= 4 is 22.4 Å². The Morgan fingerprint density at radius 1 is 1.33 bits per heavy atom. The fraction of sp³-hybridized carbons (Fsp3) is 0.214. The van der Waals surface area contributed by atoms with Crippen LogP contribution < -0.4 is 0 Å². The van der Waals surface area contributed by atoms with Crippen LogP contribution in [0.1, 0.15) is 5.56 Å². The molecule has 0 aliphatic heterocycles. The second kappa shape index (κ2) is 4.96. The van der Waals surface area contributed by atoms with Gasteiger partial charge in [0, 0.05) is 43.0 Å². The summed E-state index contributed by atoms with van der Waals surface area (Å²) in [5.74, 6) is -0.339. The minimum Gasteiger partial charge on any atom is -0.465 e. The van der Waals surface area contributed by atoms with Crippen molar-refractivity contribution in [3.05, 3.63) is 42.2 Å². The number of nitrogens with zero attached hydrogens (tertiary/aromatic N) is 1. The number of ether oxygens (including phenoxy) is 1. The Bertz CT molecular complexity index is 597. The smallest absolute Gasteiger partial charge is 0.340 e. The monoisotopic (exact) mass is 244 g/mol. The number of para-hydroxylation sites is 1. The first-order valence-corrected chi connectivity index (χ1v) is 5.66. The number of fused-ring (bicyclic) bond motifs is 1. The molecule has 4 heteroatoms. The summed E-state index contributed by atoms with van der Waals surface area (Å²) in [6.45, 7) is 0. The maximum absolute atomic E-state index is 11.9. The minimum atomic E-state index is -0.339. The molecule has 0 aliphatic rings. The largest absolute Gasteiger partial charge is 0.465 e. The molecule has 1 N–H and O–H groups in total. The lowest BCUT2D eigenvalue weighted by atomic mass is 10.1. The van der Waals surface area contributed by atoms with Crippen molar-refractivity contribution in [2.24, 2.45) is 0 Å². The first-order valence-electron chi connectivity index (χ1n) is 5.66. The lowest BCUT2D eigenvalue weighted by Gasteiger charge is -2.09. The number of rotatable bonds is 3. The van der Waals surface area contributed by atoms with Crippen LogP contribution in [0.25, 0.3) is 16.5 Å². The Morgan fingerprint density at radius 3 is 2.72 bits per heavy atom. The van der Waals surface area contributed by atoms with Gasteiger partial charge in [-0.1, -0.05) is 18.2 Å². The average molecular weight is 244 g/mol. The van der Waals surface area contributed by atoms with E-state index in [9.17, 15) is 4.79 Å². The van der Waals surface area contributed by atoms with E-state index >= 15 is 0 Å². The lowest BCUT2D eigenvalue weighted by molar-refractivity contribution is -0.133. The molecule has 0 unspecified atom stereocenters. The van der Waals surface area contributed by atoms with Gasteiger partial charge < -0.3 is 14.6 Å². The number of carbonyl (C=O) groups excluding carboxylic acids is 1. The van der Waals surface area contributed by atoms with E-state index in [2.05, 4.69) is 4.98 Å². The quantitative estimate of drug-likeness (QED) is 0.665. The number of benzene rings is 1. The number of aromatic nitrogens is 1. The summed E-state index contributed by atoms with van der Waals surface area (Å²) in [6.07, 6.45) is 3.60. The van der Waals surface area contributed by atoms with Gasteiger partial charge >= 0.3 is 5.97 Å². The topological polar surface area (TPSA) is 45.3 Å². The van der Waals surface area contributed by atoms with Gasteiger partial charge in [0.05, 0.1) is 12.7 Å². The van der Waals surface area contributed by atoms with E-state index in [0.29, 0.717) is 5.57 Å². The summed E-state index contributed by atoms with van der Waals surface area (Å²) in [5, 5.41) is 1.01. The van der Waals surface area contributed by atoms with Crippen LogP contribution in [0.2, 0.25) is 0 Å². The van der Waals surface area contributed by atoms with E-state index in [4.69, 9.17) is 4.74 Å². The second-order valence-electron chi connectivity index (χ2n) is 4.25. The zero-order chi connectivity index (χ0) is 13.1. The van der Waals surface area contributed by atoms with Crippen molar-refractivity contribution in [3.8, 4) is 0 Å². The van der Waals surface area contributed by atoms with Crippen molar-refractivity contribution in [1.82, 2.24) is 9.88 Å². The number of esters is 1. The average Bonchev–Trinajstić information content (AvgIpc) is 2.78. The van der Waals surface area contributed by atoms with E-state index in [1.165, 1.54) is 7.11 Å². The Kier molecular flexibility index (Phi) is 3.37. The second-order valence-corrected chi connectivity index (χ2v) is 4.25. The highest BCUT2D eigenvalue weighted by atomic mass is 16.5. The van der Waals surface area contributed by atoms with Crippen LogP contribution in [0, 0.1) is 0 Å². The lowest BCUT2D eigenvalue weighted by Crippen LogP contribution is -2.09. The first-order chi connectivity index (χ1) is 8.63. The van der Waals surface area contributed by atoms with Gasteiger partial charge in [0.25, 0.3) is 0 Å². The zero-order valence-electron chi connectivity index (χ0n) is 10.7. The molecule has 94 valence electrons. The molecule has 0 atom stereocenters. The van der Waals surface area contributed by atoms with Crippen LogP contribution in [0.3, 0.4) is 0 Å². The van der Waals surface area contributed by atoms with Crippen molar-refractivity contribution in [1.29, 1.82) is 0 Å². The van der Waals surface area contributed by atoms with Crippen molar-refractivity contribution in [2.75, 3.05) is 21.2 Å². The molecule has 18 heavy (non-hydrogen) atoms. The van der Waals surface area contributed by atoms with Crippen molar-refractivity contribution in [2.45, 2.75) is 0 Å². The minimum absolute atomic E-state index is 0.339. The molecule has 0 bridgehead atoms. The Balaban J connectivity index is 2.58. The molecule has 0 saturated heterocycles. The highest BCUT2D eigenvalue weighted by Crippen LogP contribution is 2.25. The van der Waals surface area contributed by atoms with E-state index in [-0.39, 0.29) is 5.97 Å². The van der Waals surface area contributed by atoms with Gasteiger partial charge in [-0.2, -0.15) is 0 Å². The number of methoxy groups -OCH3 is 1. The number of nitrogens with one attached hydrogen (secondary N) is 1. The number of aromatic amines is 1. The zero-order valence-corrected chi connectivity index (χ0v) is 10.7. The van der Waals surface area contributed by atoms with Gasteiger partial charge in [-0.15, -0.1) is 0 Å². The molecule has 0 saturated carbocycles. The molecule has 0 aliphatic carbocycles. The van der Waals surface area contributed by atoms with Crippen LogP contribution >= 0.6 is 0 Å². The summed E-state index contributed by atoms with van der Waals surface area (Å²) < 4.78 is 4.84. The van der Waals surface area contributed by atoms with E-state index in [1.54, 1.807) is 6.20 Å². The van der Waals surface area contributed by atoms with Crippen molar-refractivity contribution in [3.63, 3.8) is 0 Å². The van der Waals surface area contributed by atoms with Gasteiger partial charge in [-0.05, 0) is 6.07 Å². The van der Waals surface area contributed by atoms with Crippen LogP contribution in [0.15, 0.2) is 36.7 Å². The molecule has 0 fully saturated rings. The van der Waals surface area contributed by atoms with Crippen LogP contribution in [-0.2, 0) is 9.53 Å². The number of carbonyl (C=O) groups is 1. The maximum Gasteiger partial charge on any atom is 0.340 e. The highest BCUT2D eigenvalue weighted by Gasteiger charge is 2.16. The van der Waals surface area contributed by atoms with Gasteiger partial charge in [-0.3, -0.25) is 0 Å². The van der Waals surface area contributed by atoms with Gasteiger partial charge in [0.2, 0.25) is 0 Å². The Hall–Kier alpha value is -2.23. The molecule has 1 heterocycles.